The number of pyridine rings is 1. The Bertz CT molecular complexity index is 1150. The number of halogens is 2. The maximum absolute atomic E-state index is 13.3. The highest BCUT2D eigenvalue weighted by Crippen LogP contribution is 2.40. The Balaban J connectivity index is 1.73. The van der Waals surface area contributed by atoms with Crippen LogP contribution in [0.15, 0.2) is 23.0 Å². The van der Waals surface area contributed by atoms with Gasteiger partial charge in [0.15, 0.2) is 17.7 Å². The SMILES string of the molecule is CCN1C(=O)c2c(O)c(=O)c(C(=O)NCc3ccc(F)c(Cl)c3)c3n2[C@@H](CC3)[C@H]1OC. The lowest BCUT2D eigenvalue weighted by molar-refractivity contribution is -0.0573. The minimum absolute atomic E-state index is 0.00684. The average molecular weight is 450 g/mol. The maximum Gasteiger partial charge on any atom is 0.276 e. The first-order chi connectivity index (χ1) is 14.8. The number of amides is 2. The molecule has 0 saturated carbocycles. The van der Waals surface area contributed by atoms with Gasteiger partial charge in [-0.2, -0.15) is 0 Å². The molecular formula is C21H21ClFN3O5. The summed E-state index contributed by atoms with van der Waals surface area (Å²) in [4.78, 5) is 40.2. The van der Waals surface area contributed by atoms with Crippen molar-refractivity contribution in [3.63, 3.8) is 0 Å². The Kier molecular flexibility index (Phi) is 5.49. The van der Waals surface area contributed by atoms with Crippen molar-refractivity contribution in [3.8, 4) is 5.75 Å². The number of nitrogens with zero attached hydrogens (tertiary/aromatic N) is 2. The lowest BCUT2D eigenvalue weighted by Gasteiger charge is -2.40. The number of nitrogens with one attached hydrogen (secondary N) is 1. The number of aromatic hydroxyl groups is 1. The Morgan fingerprint density at radius 1 is 1.39 bits per heavy atom. The molecule has 8 nitrogen and oxygen atoms in total. The van der Waals surface area contributed by atoms with E-state index >= 15 is 0 Å². The molecule has 0 fully saturated rings. The van der Waals surface area contributed by atoms with Crippen LogP contribution in [-0.4, -0.2) is 46.3 Å². The molecule has 2 atom stereocenters. The van der Waals surface area contributed by atoms with Crippen LogP contribution in [0.1, 0.15) is 51.5 Å². The minimum Gasteiger partial charge on any atom is -0.503 e. The van der Waals surface area contributed by atoms with Gasteiger partial charge in [-0.25, -0.2) is 4.39 Å². The van der Waals surface area contributed by atoms with Gasteiger partial charge in [0.1, 0.15) is 11.4 Å². The maximum atomic E-state index is 13.3. The van der Waals surface area contributed by atoms with Crippen LogP contribution in [-0.2, 0) is 17.7 Å². The van der Waals surface area contributed by atoms with Gasteiger partial charge in [-0.05, 0) is 37.5 Å². The molecule has 0 aliphatic carbocycles. The highest BCUT2D eigenvalue weighted by molar-refractivity contribution is 6.30. The van der Waals surface area contributed by atoms with Crippen molar-refractivity contribution < 1.29 is 23.8 Å². The van der Waals surface area contributed by atoms with Crippen LogP contribution in [0.4, 0.5) is 4.39 Å². The van der Waals surface area contributed by atoms with Crippen molar-refractivity contribution in [1.29, 1.82) is 0 Å². The van der Waals surface area contributed by atoms with Gasteiger partial charge in [-0.3, -0.25) is 14.4 Å². The van der Waals surface area contributed by atoms with Gasteiger partial charge in [-0.15, -0.1) is 0 Å². The molecule has 0 spiro atoms. The summed E-state index contributed by atoms with van der Waals surface area (Å²) in [5.41, 5.74) is -0.269. The molecule has 4 rings (SSSR count). The number of carbonyl (C=O) groups is 2. The van der Waals surface area contributed by atoms with Gasteiger partial charge >= 0.3 is 0 Å². The van der Waals surface area contributed by atoms with E-state index in [1.165, 1.54) is 30.2 Å². The van der Waals surface area contributed by atoms with Crippen molar-refractivity contribution in [2.45, 2.75) is 38.6 Å². The van der Waals surface area contributed by atoms with Gasteiger partial charge in [0.2, 0.25) is 5.43 Å². The topological polar surface area (TPSA) is 101 Å². The summed E-state index contributed by atoms with van der Waals surface area (Å²) in [5, 5.41) is 13.1. The number of benzene rings is 1. The Hall–Kier alpha value is -2.91. The minimum atomic E-state index is -0.892. The fraction of sp³-hybridized carbons (Fsp3) is 0.381. The van der Waals surface area contributed by atoms with Crippen LogP contribution >= 0.6 is 11.6 Å². The molecule has 2 aliphatic heterocycles. The third-order valence-electron chi connectivity index (χ3n) is 5.84. The molecule has 3 heterocycles. The fourth-order valence-corrected chi connectivity index (χ4v) is 4.65. The lowest BCUT2D eigenvalue weighted by atomic mass is 10.1. The zero-order valence-electron chi connectivity index (χ0n) is 16.9. The summed E-state index contributed by atoms with van der Waals surface area (Å²) in [7, 11) is 1.49. The second-order valence-electron chi connectivity index (χ2n) is 7.47. The Morgan fingerprint density at radius 2 is 2.13 bits per heavy atom. The number of rotatable bonds is 5. The fourth-order valence-electron chi connectivity index (χ4n) is 4.45. The van der Waals surface area contributed by atoms with Crippen LogP contribution in [0, 0.1) is 5.82 Å². The first-order valence-corrected chi connectivity index (χ1v) is 10.2. The van der Waals surface area contributed by atoms with Gasteiger partial charge in [-0.1, -0.05) is 17.7 Å². The molecule has 0 bridgehead atoms. The van der Waals surface area contributed by atoms with Gasteiger partial charge in [0.05, 0.1) is 11.1 Å². The van der Waals surface area contributed by atoms with Crippen molar-refractivity contribution in [3.05, 3.63) is 61.8 Å². The van der Waals surface area contributed by atoms with E-state index in [0.29, 0.717) is 30.6 Å². The number of hydrogen-bond acceptors (Lipinski definition) is 5. The van der Waals surface area contributed by atoms with E-state index in [2.05, 4.69) is 5.32 Å². The highest BCUT2D eigenvalue weighted by Gasteiger charge is 2.46. The van der Waals surface area contributed by atoms with Crippen molar-refractivity contribution in [1.82, 2.24) is 14.8 Å². The normalized spacial score (nSPS) is 19.5. The van der Waals surface area contributed by atoms with Crippen molar-refractivity contribution in [2.75, 3.05) is 13.7 Å². The van der Waals surface area contributed by atoms with Gasteiger partial charge < -0.3 is 24.6 Å². The molecule has 1 aromatic heterocycles. The summed E-state index contributed by atoms with van der Waals surface area (Å²) in [6.07, 6.45) is 0.361. The smallest absolute Gasteiger partial charge is 0.276 e. The molecule has 2 aromatic rings. The molecule has 164 valence electrons. The molecule has 0 unspecified atom stereocenters. The molecule has 1 aromatic carbocycles. The molecule has 31 heavy (non-hydrogen) atoms. The first-order valence-electron chi connectivity index (χ1n) is 9.86. The van der Waals surface area contributed by atoms with Crippen LogP contribution in [0.25, 0.3) is 0 Å². The molecule has 2 N–H and O–H groups in total. The lowest BCUT2D eigenvalue weighted by Crippen LogP contribution is -2.52. The predicted octanol–water partition coefficient (Wildman–Crippen LogP) is 2.21. The number of carbonyl (C=O) groups excluding carboxylic acids is 2. The highest BCUT2D eigenvalue weighted by atomic mass is 35.5. The van der Waals surface area contributed by atoms with Crippen molar-refractivity contribution >= 4 is 23.4 Å². The Labute approximate surface area is 182 Å². The number of ether oxygens (including phenoxy) is 1. The Morgan fingerprint density at radius 3 is 2.77 bits per heavy atom. The van der Waals surface area contributed by atoms with Gasteiger partial charge in [0.25, 0.3) is 11.8 Å². The summed E-state index contributed by atoms with van der Waals surface area (Å²) in [6.45, 7) is 2.14. The zero-order chi connectivity index (χ0) is 22.4. The number of methoxy groups -OCH3 is 1. The van der Waals surface area contributed by atoms with Crippen LogP contribution in [0.3, 0.4) is 0 Å². The monoisotopic (exact) mass is 449 g/mol. The van der Waals surface area contributed by atoms with Crippen LogP contribution in [0.5, 0.6) is 5.75 Å². The molecule has 0 saturated heterocycles. The van der Waals surface area contributed by atoms with Crippen LogP contribution < -0.4 is 10.7 Å². The molecular weight excluding hydrogens is 429 g/mol. The second kappa shape index (κ2) is 7.97. The molecule has 10 heteroatoms. The summed E-state index contributed by atoms with van der Waals surface area (Å²) >= 11 is 5.77. The number of likely N-dealkylation sites (N-methyl/N-ethyl adjacent to an activating group) is 1. The number of hydrogen-bond donors (Lipinski definition) is 2. The molecule has 2 amide bonds. The van der Waals surface area contributed by atoms with Gasteiger partial charge in [0, 0.05) is 25.9 Å². The summed E-state index contributed by atoms with van der Waals surface area (Å²) < 4.78 is 20.4. The van der Waals surface area contributed by atoms with E-state index in [4.69, 9.17) is 16.3 Å². The average Bonchev–Trinajstić information content (AvgIpc) is 3.17. The van der Waals surface area contributed by atoms with Crippen LogP contribution in [0.2, 0.25) is 5.02 Å². The van der Waals surface area contributed by atoms with E-state index in [0.717, 1.165) is 0 Å². The predicted molar refractivity (Wildman–Crippen MR) is 110 cm³/mol. The first kappa shape index (κ1) is 21.3. The number of aromatic nitrogens is 1. The largest absolute Gasteiger partial charge is 0.503 e. The standard InChI is InChI=1S/C21H21ClFN3O5/c1-3-25-20(30)16-18(28)17(27)15(13-6-7-14(26(13)16)21(25)31-2)19(29)24-9-10-4-5-12(23)11(22)8-10/h4-5,8,14,21,28H,3,6-7,9H2,1-2H3,(H,24,29)/t14-,21+/m0/s1. The zero-order valence-corrected chi connectivity index (χ0v) is 17.7. The van der Waals surface area contributed by atoms with E-state index in [1.807, 2.05) is 0 Å². The molecule has 0 radical (unpaired) electrons. The van der Waals surface area contributed by atoms with E-state index in [-0.39, 0.29) is 28.9 Å². The van der Waals surface area contributed by atoms with E-state index < -0.39 is 35.0 Å². The third kappa shape index (κ3) is 3.28. The molecule has 2 aliphatic rings. The van der Waals surface area contributed by atoms with E-state index in [1.54, 1.807) is 11.5 Å². The third-order valence-corrected chi connectivity index (χ3v) is 6.13. The summed E-state index contributed by atoms with van der Waals surface area (Å²) in [6, 6.07) is 3.71. The second-order valence-corrected chi connectivity index (χ2v) is 7.88. The van der Waals surface area contributed by atoms with E-state index in [9.17, 15) is 23.9 Å². The summed E-state index contributed by atoms with van der Waals surface area (Å²) in [5.74, 6) is -2.53. The van der Waals surface area contributed by atoms with Crippen molar-refractivity contribution in [2.24, 2.45) is 0 Å². The quantitative estimate of drug-likeness (QED) is 0.729.